The molecule has 18 heavy (non-hydrogen) atoms. The lowest BCUT2D eigenvalue weighted by Gasteiger charge is -2.14. The molecule has 0 unspecified atom stereocenters. The molecule has 1 fully saturated rings. The molecule has 1 saturated carbocycles. The van der Waals surface area contributed by atoms with E-state index in [1.54, 1.807) is 12.1 Å². The Labute approximate surface area is 104 Å². The summed E-state index contributed by atoms with van der Waals surface area (Å²) in [7, 11) is 0. The third-order valence-corrected chi connectivity index (χ3v) is 3.06. The van der Waals surface area contributed by atoms with Crippen LogP contribution in [-0.2, 0) is 0 Å². The minimum absolute atomic E-state index is 0.0997. The number of aromatic nitrogens is 4. The van der Waals surface area contributed by atoms with Crippen molar-refractivity contribution in [3.05, 3.63) is 41.7 Å². The van der Waals surface area contributed by atoms with Crippen LogP contribution in [-0.4, -0.2) is 26.5 Å². The minimum atomic E-state index is -0.142. The lowest BCUT2D eigenvalue weighted by molar-refractivity contribution is 0.0929. The van der Waals surface area contributed by atoms with Gasteiger partial charge in [-0.25, -0.2) is 0 Å². The first-order chi connectivity index (χ1) is 8.84. The van der Waals surface area contributed by atoms with Gasteiger partial charge in [-0.05, 0) is 30.9 Å². The van der Waals surface area contributed by atoms with E-state index in [1.807, 2.05) is 18.2 Å². The maximum atomic E-state index is 12.1. The summed E-state index contributed by atoms with van der Waals surface area (Å²) < 4.78 is 0. The van der Waals surface area contributed by atoms with Crippen LogP contribution in [0.2, 0.25) is 0 Å². The predicted octanol–water partition coefficient (Wildman–Crippen LogP) is 1.08. The second-order valence-corrected chi connectivity index (χ2v) is 4.42. The molecule has 0 bridgehead atoms. The Morgan fingerprint density at radius 3 is 2.72 bits per heavy atom. The standard InChI is InChI=1S/C12H13N5O/c18-12(9-4-2-1-3-5-9)13-10(8-6-7-8)11-14-16-17-15-11/h1-5,8,10H,6-7H2,(H,13,18)(H,14,15,16,17)/t10-/m1/s1. The number of nitrogens with one attached hydrogen (secondary N) is 2. The van der Waals surface area contributed by atoms with Crippen LogP contribution in [0.4, 0.5) is 0 Å². The number of rotatable bonds is 4. The van der Waals surface area contributed by atoms with E-state index in [0.717, 1.165) is 12.8 Å². The maximum absolute atomic E-state index is 12.1. The van der Waals surface area contributed by atoms with Gasteiger partial charge in [0.05, 0.1) is 6.04 Å². The predicted molar refractivity (Wildman–Crippen MR) is 63.6 cm³/mol. The first-order valence-corrected chi connectivity index (χ1v) is 5.94. The van der Waals surface area contributed by atoms with Crippen LogP contribution < -0.4 is 5.32 Å². The number of aromatic amines is 1. The van der Waals surface area contributed by atoms with Crippen LogP contribution in [0.15, 0.2) is 30.3 Å². The fourth-order valence-corrected chi connectivity index (χ4v) is 1.94. The number of H-pyrrole nitrogens is 1. The number of carbonyl (C=O) groups excluding carboxylic acids is 1. The molecule has 92 valence electrons. The fraction of sp³-hybridized carbons (Fsp3) is 0.333. The Hall–Kier alpha value is -2.24. The van der Waals surface area contributed by atoms with E-state index in [0.29, 0.717) is 17.3 Å². The van der Waals surface area contributed by atoms with E-state index in [9.17, 15) is 4.79 Å². The van der Waals surface area contributed by atoms with E-state index >= 15 is 0 Å². The van der Waals surface area contributed by atoms with Crippen molar-refractivity contribution in [2.75, 3.05) is 0 Å². The van der Waals surface area contributed by atoms with Gasteiger partial charge < -0.3 is 5.32 Å². The highest BCUT2D eigenvalue weighted by Crippen LogP contribution is 2.39. The lowest BCUT2D eigenvalue weighted by atomic mass is 10.1. The first kappa shape index (κ1) is 10.9. The summed E-state index contributed by atoms with van der Waals surface area (Å²) in [5.41, 5.74) is 0.645. The van der Waals surface area contributed by atoms with Crippen LogP contribution in [0, 0.1) is 5.92 Å². The van der Waals surface area contributed by atoms with Crippen LogP contribution in [0.5, 0.6) is 0 Å². The summed E-state index contributed by atoms with van der Waals surface area (Å²) in [6.07, 6.45) is 2.18. The molecule has 1 amide bonds. The highest BCUT2D eigenvalue weighted by Gasteiger charge is 2.36. The third-order valence-electron chi connectivity index (χ3n) is 3.06. The van der Waals surface area contributed by atoms with E-state index in [-0.39, 0.29) is 11.9 Å². The molecule has 3 rings (SSSR count). The zero-order valence-corrected chi connectivity index (χ0v) is 9.71. The summed E-state index contributed by atoms with van der Waals surface area (Å²) in [4.78, 5) is 12.1. The molecule has 1 aromatic heterocycles. The van der Waals surface area contributed by atoms with E-state index < -0.39 is 0 Å². The molecular weight excluding hydrogens is 230 g/mol. The molecule has 1 aliphatic rings. The maximum Gasteiger partial charge on any atom is 0.251 e. The third kappa shape index (κ3) is 2.22. The van der Waals surface area contributed by atoms with Gasteiger partial charge in [0.15, 0.2) is 5.82 Å². The molecule has 1 aliphatic carbocycles. The van der Waals surface area contributed by atoms with Crippen molar-refractivity contribution in [2.45, 2.75) is 18.9 Å². The zero-order valence-electron chi connectivity index (χ0n) is 9.71. The Morgan fingerprint density at radius 2 is 2.11 bits per heavy atom. The van der Waals surface area contributed by atoms with Crippen molar-refractivity contribution in [2.24, 2.45) is 5.92 Å². The van der Waals surface area contributed by atoms with Crippen molar-refractivity contribution >= 4 is 5.91 Å². The fourth-order valence-electron chi connectivity index (χ4n) is 1.94. The Balaban J connectivity index is 1.76. The van der Waals surface area contributed by atoms with E-state index in [2.05, 4.69) is 25.9 Å². The molecule has 0 aliphatic heterocycles. The van der Waals surface area contributed by atoms with Crippen LogP contribution >= 0.6 is 0 Å². The van der Waals surface area contributed by atoms with Crippen molar-refractivity contribution < 1.29 is 4.79 Å². The lowest BCUT2D eigenvalue weighted by Crippen LogP contribution is -2.30. The second-order valence-electron chi connectivity index (χ2n) is 4.42. The Kier molecular flexibility index (Phi) is 2.76. The van der Waals surface area contributed by atoms with Gasteiger partial charge in [0.25, 0.3) is 5.91 Å². The molecule has 1 heterocycles. The summed E-state index contributed by atoms with van der Waals surface area (Å²) in [6, 6.07) is 9.00. The number of nitrogens with zero attached hydrogens (tertiary/aromatic N) is 3. The van der Waals surface area contributed by atoms with Crippen molar-refractivity contribution in [3.8, 4) is 0 Å². The summed E-state index contributed by atoms with van der Waals surface area (Å²) in [6.45, 7) is 0. The molecule has 6 heteroatoms. The van der Waals surface area contributed by atoms with Crippen molar-refractivity contribution in [1.82, 2.24) is 25.9 Å². The SMILES string of the molecule is O=C(N[C@@H](c1nn[nH]n1)C1CC1)c1ccccc1. The second kappa shape index (κ2) is 4.56. The number of tetrazole rings is 1. The number of benzene rings is 1. The summed E-state index contributed by atoms with van der Waals surface area (Å²) >= 11 is 0. The molecule has 0 spiro atoms. The van der Waals surface area contributed by atoms with Gasteiger partial charge in [-0.15, -0.1) is 10.2 Å². The highest BCUT2D eigenvalue weighted by atomic mass is 16.1. The van der Waals surface area contributed by atoms with Gasteiger partial charge >= 0.3 is 0 Å². The van der Waals surface area contributed by atoms with Crippen molar-refractivity contribution in [3.63, 3.8) is 0 Å². The quantitative estimate of drug-likeness (QED) is 0.841. The van der Waals surface area contributed by atoms with Crippen LogP contribution in [0.1, 0.15) is 35.1 Å². The molecule has 6 nitrogen and oxygen atoms in total. The number of carbonyl (C=O) groups is 1. The molecule has 2 aromatic rings. The minimum Gasteiger partial charge on any atom is -0.342 e. The van der Waals surface area contributed by atoms with Gasteiger partial charge in [0.2, 0.25) is 0 Å². The molecule has 0 saturated heterocycles. The smallest absolute Gasteiger partial charge is 0.251 e. The topological polar surface area (TPSA) is 83.6 Å². The van der Waals surface area contributed by atoms with Gasteiger partial charge in [-0.1, -0.05) is 23.4 Å². The Bertz CT molecular complexity index is 521. The van der Waals surface area contributed by atoms with Gasteiger partial charge in [0, 0.05) is 5.56 Å². The van der Waals surface area contributed by atoms with E-state index in [4.69, 9.17) is 0 Å². The van der Waals surface area contributed by atoms with Gasteiger partial charge in [0.1, 0.15) is 0 Å². The van der Waals surface area contributed by atoms with Gasteiger partial charge in [-0.2, -0.15) is 5.21 Å². The normalized spacial score (nSPS) is 16.2. The van der Waals surface area contributed by atoms with Crippen LogP contribution in [0.3, 0.4) is 0 Å². The summed E-state index contributed by atoms with van der Waals surface area (Å²) in [5.74, 6) is 0.884. The molecule has 1 aromatic carbocycles. The average molecular weight is 243 g/mol. The molecule has 2 N–H and O–H groups in total. The molecular formula is C12H13N5O. The molecule has 1 atom stereocenters. The monoisotopic (exact) mass is 243 g/mol. The Morgan fingerprint density at radius 1 is 1.33 bits per heavy atom. The first-order valence-electron chi connectivity index (χ1n) is 5.94. The van der Waals surface area contributed by atoms with Crippen LogP contribution in [0.25, 0.3) is 0 Å². The van der Waals surface area contributed by atoms with E-state index in [1.165, 1.54) is 0 Å². The largest absolute Gasteiger partial charge is 0.342 e. The van der Waals surface area contributed by atoms with Crippen molar-refractivity contribution in [1.29, 1.82) is 0 Å². The molecule has 0 radical (unpaired) electrons. The number of hydrogen-bond donors (Lipinski definition) is 2. The number of amides is 1. The number of hydrogen-bond acceptors (Lipinski definition) is 4. The van der Waals surface area contributed by atoms with Gasteiger partial charge in [-0.3, -0.25) is 4.79 Å². The highest BCUT2D eigenvalue weighted by molar-refractivity contribution is 5.94. The average Bonchev–Trinajstić information content (AvgIpc) is 3.11. The zero-order chi connectivity index (χ0) is 12.4. The summed E-state index contributed by atoms with van der Waals surface area (Å²) in [5, 5.41) is 16.9.